The van der Waals surface area contributed by atoms with Crippen molar-refractivity contribution in [1.82, 2.24) is 8.61 Å². The maximum Gasteiger partial charge on any atom is 0.378 e. The lowest BCUT2D eigenvalue weighted by molar-refractivity contribution is -0.264. The second-order valence-corrected chi connectivity index (χ2v) is 18.3. The maximum absolute atomic E-state index is 13.8. The molecular formula is C24H18Cl2N4O9S4. The van der Waals surface area contributed by atoms with Gasteiger partial charge in [0, 0.05) is 64.4 Å². The van der Waals surface area contributed by atoms with Gasteiger partial charge in [0.2, 0.25) is 25.4 Å². The minimum Gasteiger partial charge on any atom is -0.867 e. The molecule has 1 heterocycles. The Balaban J connectivity index is 1.50. The SMILES string of the molecule is N#[N+]c1ccc2c(S(=O)(=O)N3CCN(S(=O)(=O)c4cc(S(=O)(=O)Cl)cc5cc(S(=O)(=O)Cl)ccc45)CC3)cccc2c1[O-]. The summed E-state index contributed by atoms with van der Waals surface area (Å²) in [5.74, 6) is -0.669. The standard InChI is InChI=1S/C24H18Cl2N4O9S4/c25-40(32,33)16-4-5-18-15(12-16)13-17(41(26,34)35)14-23(18)43(38,39)30-10-8-29(9-11-30)42(36,37)22-3-1-2-20-19(22)6-7-21(28-27)24(20)31/h1-7,12-14H,8-11H2. The lowest BCUT2D eigenvalue weighted by atomic mass is 10.1. The van der Waals surface area contributed by atoms with Gasteiger partial charge in [0.1, 0.15) is 0 Å². The minimum atomic E-state index is -4.47. The van der Waals surface area contributed by atoms with Crippen molar-refractivity contribution < 1.29 is 38.8 Å². The van der Waals surface area contributed by atoms with Gasteiger partial charge in [-0.05, 0) is 52.9 Å². The smallest absolute Gasteiger partial charge is 0.378 e. The summed E-state index contributed by atoms with van der Waals surface area (Å²) in [5, 5.41) is 21.6. The molecule has 13 nitrogen and oxygen atoms in total. The van der Waals surface area contributed by atoms with E-state index in [0.29, 0.717) is 0 Å². The second kappa shape index (κ2) is 10.8. The van der Waals surface area contributed by atoms with Crippen LogP contribution in [-0.2, 0) is 38.1 Å². The predicted octanol–water partition coefficient (Wildman–Crippen LogP) is 3.10. The Kier molecular flexibility index (Phi) is 7.89. The first-order valence-electron chi connectivity index (χ1n) is 12.0. The van der Waals surface area contributed by atoms with Gasteiger partial charge >= 0.3 is 5.69 Å². The lowest BCUT2D eigenvalue weighted by Crippen LogP contribution is -2.50. The third-order valence-electron chi connectivity index (χ3n) is 6.91. The van der Waals surface area contributed by atoms with Crippen molar-refractivity contribution in [1.29, 1.82) is 5.39 Å². The first kappa shape index (κ1) is 31.3. The molecule has 0 atom stereocenters. The molecule has 1 aliphatic heterocycles. The van der Waals surface area contributed by atoms with Gasteiger partial charge in [-0.25, -0.2) is 33.7 Å². The minimum absolute atomic E-state index is 0.0126. The van der Waals surface area contributed by atoms with E-state index in [1.807, 2.05) is 0 Å². The number of fused-ring (bicyclic) bond motifs is 2. The van der Waals surface area contributed by atoms with Gasteiger partial charge in [0.25, 0.3) is 18.1 Å². The zero-order chi connectivity index (χ0) is 31.5. The quantitative estimate of drug-likeness (QED) is 0.213. The molecular weight excluding hydrogens is 687 g/mol. The summed E-state index contributed by atoms with van der Waals surface area (Å²) < 4.78 is 105. The number of halogens is 2. The molecule has 0 N–H and O–H groups in total. The fraction of sp³-hybridized carbons (Fsp3) is 0.167. The molecule has 19 heteroatoms. The highest BCUT2D eigenvalue weighted by molar-refractivity contribution is 8.14. The molecule has 0 aliphatic carbocycles. The Morgan fingerprint density at radius 3 is 1.74 bits per heavy atom. The van der Waals surface area contributed by atoms with E-state index in [1.54, 1.807) is 0 Å². The molecule has 0 spiro atoms. The monoisotopic (exact) mass is 704 g/mol. The van der Waals surface area contributed by atoms with Crippen LogP contribution in [0.2, 0.25) is 0 Å². The van der Waals surface area contributed by atoms with Crippen LogP contribution in [0.5, 0.6) is 5.75 Å². The Morgan fingerprint density at radius 1 is 0.651 bits per heavy atom. The summed E-state index contributed by atoms with van der Waals surface area (Å²) in [5.41, 5.74) is -0.264. The van der Waals surface area contributed by atoms with Crippen LogP contribution in [0.25, 0.3) is 26.5 Å². The van der Waals surface area contributed by atoms with Crippen molar-refractivity contribution in [2.24, 2.45) is 0 Å². The van der Waals surface area contributed by atoms with E-state index >= 15 is 0 Å². The average molecular weight is 706 g/mol. The van der Waals surface area contributed by atoms with Crippen LogP contribution in [0.3, 0.4) is 0 Å². The summed E-state index contributed by atoms with van der Waals surface area (Å²) >= 11 is 0. The molecule has 0 saturated carbocycles. The van der Waals surface area contributed by atoms with Crippen LogP contribution in [0.1, 0.15) is 0 Å². The fourth-order valence-corrected chi connectivity index (χ4v) is 9.76. The van der Waals surface area contributed by atoms with E-state index in [0.717, 1.165) is 32.9 Å². The van der Waals surface area contributed by atoms with Crippen molar-refractivity contribution in [3.8, 4) is 5.75 Å². The number of nitrogens with zero attached hydrogens (tertiary/aromatic N) is 4. The van der Waals surface area contributed by atoms with E-state index in [-0.39, 0.29) is 58.3 Å². The molecule has 226 valence electrons. The van der Waals surface area contributed by atoms with Gasteiger partial charge in [-0.2, -0.15) is 8.61 Å². The van der Waals surface area contributed by atoms with Crippen molar-refractivity contribution in [2.45, 2.75) is 19.6 Å². The van der Waals surface area contributed by atoms with Crippen molar-refractivity contribution in [3.05, 3.63) is 65.6 Å². The predicted molar refractivity (Wildman–Crippen MR) is 156 cm³/mol. The highest BCUT2D eigenvalue weighted by atomic mass is 35.7. The van der Waals surface area contributed by atoms with Crippen LogP contribution in [0.15, 0.2) is 80.2 Å². The van der Waals surface area contributed by atoms with Gasteiger partial charge in [-0.1, -0.05) is 18.2 Å². The van der Waals surface area contributed by atoms with Gasteiger partial charge in [0.05, 0.1) is 19.6 Å². The molecule has 1 fully saturated rings. The number of rotatable bonds is 6. The van der Waals surface area contributed by atoms with Crippen molar-refractivity contribution in [2.75, 3.05) is 26.2 Å². The van der Waals surface area contributed by atoms with E-state index in [4.69, 9.17) is 26.8 Å². The molecule has 5 rings (SSSR count). The molecule has 1 saturated heterocycles. The van der Waals surface area contributed by atoms with Crippen LogP contribution < -0.4 is 5.11 Å². The Hall–Kier alpha value is -3.08. The summed E-state index contributed by atoms with van der Waals surface area (Å²) in [4.78, 5) is 1.23. The third kappa shape index (κ3) is 5.65. The Bertz CT molecular complexity index is 2310. The number of benzene rings is 4. The Morgan fingerprint density at radius 2 is 1.19 bits per heavy atom. The summed E-state index contributed by atoms with van der Waals surface area (Å²) in [6.45, 7) is -1.21. The number of hydrogen-bond acceptors (Lipinski definition) is 10. The van der Waals surface area contributed by atoms with E-state index in [1.165, 1.54) is 36.4 Å². The van der Waals surface area contributed by atoms with Gasteiger partial charge in [0.15, 0.2) is 4.98 Å². The molecule has 0 amide bonds. The topological polar surface area (TPSA) is 194 Å². The molecule has 0 bridgehead atoms. The summed E-state index contributed by atoms with van der Waals surface area (Å²) in [7, 11) is -6.49. The normalized spacial score (nSPS) is 15.9. The highest BCUT2D eigenvalue weighted by Gasteiger charge is 2.36. The largest absolute Gasteiger partial charge is 0.867 e. The fourth-order valence-electron chi connectivity index (χ4n) is 4.81. The lowest BCUT2D eigenvalue weighted by Gasteiger charge is -2.33. The molecule has 4 aromatic rings. The zero-order valence-electron chi connectivity index (χ0n) is 21.5. The maximum atomic E-state index is 13.8. The molecule has 43 heavy (non-hydrogen) atoms. The number of sulfonamides is 2. The van der Waals surface area contributed by atoms with Crippen LogP contribution in [0.4, 0.5) is 5.69 Å². The van der Waals surface area contributed by atoms with Crippen molar-refractivity contribution >= 4 is 86.7 Å². The van der Waals surface area contributed by atoms with Crippen LogP contribution in [-0.4, -0.2) is 68.5 Å². The second-order valence-electron chi connectivity index (χ2n) is 9.35. The number of diazo groups is 1. The van der Waals surface area contributed by atoms with Gasteiger partial charge < -0.3 is 5.11 Å². The molecule has 0 aromatic heterocycles. The van der Waals surface area contributed by atoms with Gasteiger partial charge in [-0.15, -0.1) is 0 Å². The first-order valence-corrected chi connectivity index (χ1v) is 19.5. The van der Waals surface area contributed by atoms with Crippen LogP contribution >= 0.6 is 21.4 Å². The first-order chi connectivity index (χ1) is 20.0. The number of hydrogen-bond donors (Lipinski definition) is 0. The average Bonchev–Trinajstić information content (AvgIpc) is 2.95. The molecule has 1 aliphatic rings. The van der Waals surface area contributed by atoms with Gasteiger partial charge in [-0.3, -0.25) is 0 Å². The zero-order valence-corrected chi connectivity index (χ0v) is 26.2. The summed E-state index contributed by atoms with van der Waals surface area (Å²) in [6, 6.07) is 11.7. The summed E-state index contributed by atoms with van der Waals surface area (Å²) in [6.07, 6.45) is 0. The van der Waals surface area contributed by atoms with Crippen molar-refractivity contribution in [3.63, 3.8) is 0 Å². The molecule has 0 unspecified atom stereocenters. The Labute approximate surface area is 255 Å². The van der Waals surface area contributed by atoms with Crippen LogP contribution in [0, 0.1) is 5.39 Å². The molecule has 0 radical (unpaired) electrons. The number of piperazine rings is 1. The highest BCUT2D eigenvalue weighted by Crippen LogP contribution is 2.37. The molecule has 4 aromatic carbocycles. The van der Waals surface area contributed by atoms with E-state index in [9.17, 15) is 38.8 Å². The van der Waals surface area contributed by atoms with E-state index < -0.39 is 58.6 Å². The third-order valence-corrected chi connectivity index (χ3v) is 13.5. The van der Waals surface area contributed by atoms with E-state index in [2.05, 4.69) is 4.98 Å².